The van der Waals surface area contributed by atoms with Crippen molar-refractivity contribution in [1.82, 2.24) is 5.32 Å². The number of hydrogen-bond donors (Lipinski definition) is 3. The maximum Gasteiger partial charge on any atom is 0.213 e. The fraction of sp³-hybridized carbons (Fsp3) is 0.444. The van der Waals surface area contributed by atoms with Crippen LogP contribution in [0.15, 0.2) is 23.9 Å². The summed E-state index contributed by atoms with van der Waals surface area (Å²) in [6.07, 6.45) is 5.25. The lowest BCUT2D eigenvalue weighted by atomic mass is 9.90. The quantitative estimate of drug-likeness (QED) is 0.507. The summed E-state index contributed by atoms with van der Waals surface area (Å²) in [5.41, 5.74) is 1.23. The summed E-state index contributed by atoms with van der Waals surface area (Å²) in [6, 6.07) is 3.12. The van der Waals surface area contributed by atoms with Crippen LogP contribution in [0.3, 0.4) is 0 Å². The van der Waals surface area contributed by atoms with Crippen LogP contribution in [0.5, 0.6) is 5.75 Å². The first-order chi connectivity index (χ1) is 11.1. The Balaban J connectivity index is 2.31. The first kappa shape index (κ1) is 17.1. The van der Waals surface area contributed by atoms with Gasteiger partial charge in [-0.2, -0.15) is 0 Å². The van der Waals surface area contributed by atoms with Crippen molar-refractivity contribution >= 4 is 17.3 Å². The Kier molecular flexibility index (Phi) is 5.79. The number of anilines is 1. The number of rotatable bonds is 8. The van der Waals surface area contributed by atoms with Crippen LogP contribution in [-0.2, 0) is 0 Å². The highest BCUT2D eigenvalue weighted by atomic mass is 16.3. The molecule has 3 N–H and O–H groups in total. The number of phenols is 1. The predicted octanol–water partition coefficient (Wildman–Crippen LogP) is 3.26. The van der Waals surface area contributed by atoms with Gasteiger partial charge < -0.3 is 15.7 Å². The van der Waals surface area contributed by atoms with E-state index < -0.39 is 0 Å². The molecule has 23 heavy (non-hydrogen) atoms. The van der Waals surface area contributed by atoms with Crippen molar-refractivity contribution in [3.63, 3.8) is 0 Å². The van der Waals surface area contributed by atoms with E-state index in [1.165, 1.54) is 12.1 Å². The van der Waals surface area contributed by atoms with E-state index in [0.29, 0.717) is 12.2 Å². The number of benzene rings is 1. The van der Waals surface area contributed by atoms with Crippen LogP contribution in [0.2, 0.25) is 0 Å². The molecule has 0 saturated carbocycles. The van der Waals surface area contributed by atoms with Gasteiger partial charge in [-0.15, -0.1) is 0 Å². The molecule has 0 radical (unpaired) electrons. The molecule has 1 aliphatic carbocycles. The number of nitrogens with one attached hydrogen (secondary N) is 2. The van der Waals surface area contributed by atoms with Crippen LogP contribution in [-0.4, -0.2) is 29.8 Å². The Morgan fingerprint density at radius 2 is 1.61 bits per heavy atom. The topological polar surface area (TPSA) is 78.4 Å². The number of fused-ring (bicyclic) bond motifs is 1. The molecule has 124 valence electrons. The minimum atomic E-state index is -0.327. The smallest absolute Gasteiger partial charge is 0.213 e. The summed E-state index contributed by atoms with van der Waals surface area (Å²) in [5.74, 6) is -0.733. The Bertz CT molecular complexity index is 635. The molecule has 2 rings (SSSR count). The number of carbonyl (C=O) groups is 2. The van der Waals surface area contributed by atoms with Crippen molar-refractivity contribution < 1.29 is 14.7 Å². The first-order valence-electron chi connectivity index (χ1n) is 8.24. The normalized spacial score (nSPS) is 13.6. The highest BCUT2D eigenvalue weighted by Crippen LogP contribution is 2.33. The molecule has 1 aromatic carbocycles. The molecule has 0 unspecified atom stereocenters. The molecule has 0 spiro atoms. The molecule has 0 aliphatic heterocycles. The molecule has 0 saturated heterocycles. The third-order valence-corrected chi connectivity index (χ3v) is 3.87. The fourth-order valence-corrected chi connectivity index (χ4v) is 2.56. The molecule has 1 aliphatic rings. The molecule has 5 heteroatoms. The summed E-state index contributed by atoms with van der Waals surface area (Å²) in [7, 11) is 0. The third-order valence-electron chi connectivity index (χ3n) is 3.87. The van der Waals surface area contributed by atoms with Gasteiger partial charge in [-0.25, -0.2) is 0 Å². The van der Waals surface area contributed by atoms with E-state index in [4.69, 9.17) is 0 Å². The van der Waals surface area contributed by atoms with Crippen molar-refractivity contribution in [1.29, 1.82) is 0 Å². The van der Waals surface area contributed by atoms with Gasteiger partial charge >= 0.3 is 0 Å². The van der Waals surface area contributed by atoms with E-state index in [9.17, 15) is 14.7 Å². The number of unbranched alkanes of at least 4 members (excludes halogenated alkanes) is 2. The number of Topliss-reactive ketones (excluding diaryl/α,β-unsaturated/α-hetero) is 1. The molecular weight excluding hydrogens is 292 g/mol. The van der Waals surface area contributed by atoms with Crippen molar-refractivity contribution in [3.8, 4) is 5.75 Å². The summed E-state index contributed by atoms with van der Waals surface area (Å²) in [4.78, 5) is 25.0. The van der Waals surface area contributed by atoms with Gasteiger partial charge in [0.15, 0.2) is 5.78 Å². The lowest BCUT2D eigenvalue weighted by molar-refractivity contribution is 0.0976. The van der Waals surface area contributed by atoms with Crippen molar-refractivity contribution in [2.45, 2.75) is 39.5 Å². The zero-order valence-corrected chi connectivity index (χ0v) is 13.7. The van der Waals surface area contributed by atoms with Gasteiger partial charge in [-0.05, 0) is 25.0 Å². The second kappa shape index (κ2) is 7.81. The number of allylic oxidation sites excluding steroid dienone is 2. The zero-order chi connectivity index (χ0) is 16.8. The SMILES string of the molecule is CCCCNC1=CC(=O)c2c(NCCCC)ccc(O)c2C1=O. The molecule has 5 nitrogen and oxygen atoms in total. The molecule has 0 bridgehead atoms. The Morgan fingerprint density at radius 1 is 0.957 bits per heavy atom. The highest BCUT2D eigenvalue weighted by Gasteiger charge is 2.30. The summed E-state index contributed by atoms with van der Waals surface area (Å²) < 4.78 is 0. The Morgan fingerprint density at radius 3 is 2.26 bits per heavy atom. The second-order valence-corrected chi connectivity index (χ2v) is 5.69. The van der Waals surface area contributed by atoms with Crippen molar-refractivity contribution in [2.24, 2.45) is 0 Å². The van der Waals surface area contributed by atoms with Crippen LogP contribution in [0, 0.1) is 0 Å². The maximum atomic E-state index is 12.6. The standard InChI is InChI=1S/C18H24N2O3/c1-3-5-9-19-12-7-8-14(21)17-16(12)15(22)11-13(18(17)23)20-10-6-4-2/h7-8,11,19-21H,3-6,9-10H2,1-2H3. The summed E-state index contributed by atoms with van der Waals surface area (Å²) in [5, 5.41) is 16.3. The van der Waals surface area contributed by atoms with E-state index in [-0.39, 0.29) is 34.1 Å². The van der Waals surface area contributed by atoms with Gasteiger partial charge in [0.25, 0.3) is 0 Å². The molecule has 0 aromatic heterocycles. The largest absolute Gasteiger partial charge is 0.507 e. The van der Waals surface area contributed by atoms with Crippen molar-refractivity contribution in [2.75, 3.05) is 18.4 Å². The van der Waals surface area contributed by atoms with Gasteiger partial charge in [0.1, 0.15) is 5.75 Å². The minimum Gasteiger partial charge on any atom is -0.507 e. The molecule has 1 aromatic rings. The second-order valence-electron chi connectivity index (χ2n) is 5.69. The van der Waals surface area contributed by atoms with Crippen molar-refractivity contribution in [3.05, 3.63) is 35.0 Å². The maximum absolute atomic E-state index is 12.6. The molecule has 0 atom stereocenters. The van der Waals surface area contributed by atoms with E-state index in [1.54, 1.807) is 6.07 Å². The van der Waals surface area contributed by atoms with Crippen LogP contribution < -0.4 is 10.6 Å². The molecular formula is C18H24N2O3. The van der Waals surface area contributed by atoms with Gasteiger partial charge in [-0.1, -0.05) is 26.7 Å². The van der Waals surface area contributed by atoms with Crippen LogP contribution in [0.25, 0.3) is 0 Å². The average Bonchev–Trinajstić information content (AvgIpc) is 2.53. The fourth-order valence-electron chi connectivity index (χ4n) is 2.56. The monoisotopic (exact) mass is 316 g/mol. The van der Waals surface area contributed by atoms with Crippen LogP contribution >= 0.6 is 0 Å². The minimum absolute atomic E-state index is 0.0954. The molecule has 0 heterocycles. The van der Waals surface area contributed by atoms with Gasteiger partial charge in [0.05, 0.1) is 16.8 Å². The van der Waals surface area contributed by atoms with E-state index in [2.05, 4.69) is 24.5 Å². The Hall–Kier alpha value is -2.30. The Labute approximate surface area is 136 Å². The van der Waals surface area contributed by atoms with Gasteiger partial charge in [0.2, 0.25) is 5.78 Å². The van der Waals surface area contributed by atoms with Gasteiger partial charge in [0, 0.05) is 24.9 Å². The van der Waals surface area contributed by atoms with Crippen LogP contribution in [0.4, 0.5) is 5.69 Å². The first-order valence-corrected chi connectivity index (χ1v) is 8.24. The van der Waals surface area contributed by atoms with Crippen LogP contribution in [0.1, 0.15) is 60.2 Å². The summed E-state index contributed by atoms with van der Waals surface area (Å²) in [6.45, 7) is 5.49. The highest BCUT2D eigenvalue weighted by molar-refractivity contribution is 6.27. The lowest BCUT2D eigenvalue weighted by Crippen LogP contribution is -2.28. The zero-order valence-electron chi connectivity index (χ0n) is 13.7. The average molecular weight is 316 g/mol. The number of phenolic OH excluding ortho intramolecular Hbond substituents is 1. The third kappa shape index (κ3) is 3.73. The predicted molar refractivity (Wildman–Crippen MR) is 91.2 cm³/mol. The van der Waals surface area contributed by atoms with Gasteiger partial charge in [-0.3, -0.25) is 9.59 Å². The van der Waals surface area contributed by atoms with E-state index >= 15 is 0 Å². The van der Waals surface area contributed by atoms with E-state index in [1.807, 2.05) is 0 Å². The van der Waals surface area contributed by atoms with E-state index in [0.717, 1.165) is 32.2 Å². The number of aromatic hydroxyl groups is 1. The summed E-state index contributed by atoms with van der Waals surface area (Å²) >= 11 is 0. The number of hydrogen-bond acceptors (Lipinski definition) is 5. The molecule has 0 fully saturated rings. The number of ketones is 2. The lowest BCUT2D eigenvalue weighted by Gasteiger charge is -2.20. The number of carbonyl (C=O) groups excluding carboxylic acids is 2. The molecule has 0 amide bonds.